The SMILES string of the molecule is C1CNCC(Cc2nc(C3CCNCC3)no2)C1. The van der Waals surface area contributed by atoms with E-state index in [1.54, 1.807) is 0 Å². The van der Waals surface area contributed by atoms with Crippen LogP contribution in [-0.4, -0.2) is 36.3 Å². The summed E-state index contributed by atoms with van der Waals surface area (Å²) in [6.45, 7) is 4.38. The van der Waals surface area contributed by atoms with Crippen molar-refractivity contribution in [1.29, 1.82) is 0 Å². The Morgan fingerprint density at radius 1 is 1.11 bits per heavy atom. The zero-order valence-electron chi connectivity index (χ0n) is 10.8. The van der Waals surface area contributed by atoms with E-state index < -0.39 is 0 Å². The fourth-order valence-electron chi connectivity index (χ4n) is 2.94. The van der Waals surface area contributed by atoms with Crippen LogP contribution in [0.3, 0.4) is 0 Å². The predicted octanol–water partition coefficient (Wildman–Crippen LogP) is 1.08. The zero-order valence-corrected chi connectivity index (χ0v) is 10.8. The summed E-state index contributed by atoms with van der Waals surface area (Å²) in [4.78, 5) is 4.59. The minimum atomic E-state index is 0.494. The van der Waals surface area contributed by atoms with Crippen LogP contribution >= 0.6 is 0 Å². The van der Waals surface area contributed by atoms with Crippen molar-refractivity contribution in [2.24, 2.45) is 5.92 Å². The molecule has 2 N–H and O–H groups in total. The molecule has 2 aliphatic rings. The molecule has 0 amide bonds. The van der Waals surface area contributed by atoms with E-state index in [2.05, 4.69) is 20.8 Å². The topological polar surface area (TPSA) is 63.0 Å². The van der Waals surface area contributed by atoms with E-state index in [0.29, 0.717) is 11.8 Å². The third-order valence-corrected chi connectivity index (χ3v) is 4.05. The molecular formula is C13H22N4O. The molecule has 3 rings (SSSR count). The Kier molecular flexibility index (Phi) is 3.90. The lowest BCUT2D eigenvalue weighted by atomic mass is 9.96. The van der Waals surface area contributed by atoms with E-state index in [4.69, 9.17) is 4.52 Å². The molecular weight excluding hydrogens is 228 g/mol. The third-order valence-electron chi connectivity index (χ3n) is 4.05. The molecule has 0 saturated carbocycles. The van der Waals surface area contributed by atoms with E-state index in [0.717, 1.165) is 57.2 Å². The van der Waals surface area contributed by atoms with Crippen molar-refractivity contribution in [2.75, 3.05) is 26.2 Å². The van der Waals surface area contributed by atoms with Gasteiger partial charge in [0.15, 0.2) is 5.82 Å². The second-order valence-electron chi connectivity index (χ2n) is 5.49. The highest BCUT2D eigenvalue weighted by Crippen LogP contribution is 2.23. The average molecular weight is 250 g/mol. The van der Waals surface area contributed by atoms with Crippen LogP contribution in [0.5, 0.6) is 0 Å². The van der Waals surface area contributed by atoms with Crippen molar-refractivity contribution in [3.63, 3.8) is 0 Å². The van der Waals surface area contributed by atoms with Crippen molar-refractivity contribution in [3.05, 3.63) is 11.7 Å². The standard InChI is InChI=1S/C13H22N4O/c1-2-10(9-15-5-1)8-12-16-13(17-18-12)11-3-6-14-7-4-11/h10-11,14-15H,1-9H2. The fraction of sp³-hybridized carbons (Fsp3) is 0.846. The van der Waals surface area contributed by atoms with Gasteiger partial charge >= 0.3 is 0 Å². The van der Waals surface area contributed by atoms with E-state index in [1.165, 1.54) is 12.8 Å². The van der Waals surface area contributed by atoms with Crippen LogP contribution in [0.15, 0.2) is 4.52 Å². The first kappa shape index (κ1) is 12.1. The molecule has 18 heavy (non-hydrogen) atoms. The third kappa shape index (κ3) is 2.90. The molecule has 0 bridgehead atoms. The monoisotopic (exact) mass is 250 g/mol. The van der Waals surface area contributed by atoms with Crippen molar-refractivity contribution in [1.82, 2.24) is 20.8 Å². The van der Waals surface area contributed by atoms with Gasteiger partial charge in [0.25, 0.3) is 0 Å². The molecule has 1 unspecified atom stereocenters. The van der Waals surface area contributed by atoms with Crippen molar-refractivity contribution in [3.8, 4) is 0 Å². The van der Waals surface area contributed by atoms with Crippen LogP contribution in [-0.2, 0) is 6.42 Å². The molecule has 1 atom stereocenters. The Morgan fingerprint density at radius 2 is 2.00 bits per heavy atom. The number of nitrogens with one attached hydrogen (secondary N) is 2. The lowest BCUT2D eigenvalue weighted by Gasteiger charge is -2.21. The summed E-state index contributed by atoms with van der Waals surface area (Å²) in [5.41, 5.74) is 0. The maximum absolute atomic E-state index is 5.41. The normalized spacial score (nSPS) is 26.3. The summed E-state index contributed by atoms with van der Waals surface area (Å²) < 4.78 is 5.41. The number of hydrogen-bond donors (Lipinski definition) is 2. The van der Waals surface area contributed by atoms with Crippen LogP contribution < -0.4 is 10.6 Å². The van der Waals surface area contributed by atoms with Crippen LogP contribution in [0.1, 0.15) is 43.3 Å². The minimum Gasteiger partial charge on any atom is -0.339 e. The Balaban J connectivity index is 1.58. The van der Waals surface area contributed by atoms with Gasteiger partial charge in [0.05, 0.1) is 0 Å². The maximum Gasteiger partial charge on any atom is 0.226 e. The smallest absolute Gasteiger partial charge is 0.226 e. The van der Waals surface area contributed by atoms with Crippen LogP contribution in [0.2, 0.25) is 0 Å². The molecule has 100 valence electrons. The highest BCUT2D eigenvalue weighted by Gasteiger charge is 2.22. The second kappa shape index (κ2) is 5.80. The molecule has 5 heteroatoms. The van der Waals surface area contributed by atoms with Crippen LogP contribution in [0.4, 0.5) is 0 Å². The zero-order chi connectivity index (χ0) is 12.2. The summed E-state index contributed by atoms with van der Waals surface area (Å²) in [6, 6.07) is 0. The molecule has 2 saturated heterocycles. The van der Waals surface area contributed by atoms with Crippen LogP contribution in [0.25, 0.3) is 0 Å². The molecule has 2 aliphatic heterocycles. The van der Waals surface area contributed by atoms with E-state index >= 15 is 0 Å². The Morgan fingerprint density at radius 3 is 2.78 bits per heavy atom. The lowest BCUT2D eigenvalue weighted by Crippen LogP contribution is -2.31. The van der Waals surface area contributed by atoms with Gasteiger partial charge in [-0.05, 0) is 57.8 Å². The molecule has 0 aromatic carbocycles. The second-order valence-corrected chi connectivity index (χ2v) is 5.49. The van der Waals surface area contributed by atoms with E-state index in [9.17, 15) is 0 Å². The number of aromatic nitrogens is 2. The van der Waals surface area contributed by atoms with Gasteiger partial charge < -0.3 is 15.2 Å². The van der Waals surface area contributed by atoms with E-state index in [1.807, 2.05) is 0 Å². The van der Waals surface area contributed by atoms with Gasteiger partial charge in [-0.2, -0.15) is 4.98 Å². The molecule has 3 heterocycles. The summed E-state index contributed by atoms with van der Waals surface area (Å²) in [5, 5.41) is 11.0. The molecule has 0 aliphatic carbocycles. The summed E-state index contributed by atoms with van der Waals surface area (Å²) in [6.07, 6.45) is 5.73. The quantitative estimate of drug-likeness (QED) is 0.840. The Bertz CT molecular complexity index is 367. The average Bonchev–Trinajstić information content (AvgIpc) is 2.89. The first-order chi connectivity index (χ1) is 8.92. The molecule has 5 nitrogen and oxygen atoms in total. The number of hydrogen-bond acceptors (Lipinski definition) is 5. The van der Waals surface area contributed by atoms with Crippen molar-refractivity contribution >= 4 is 0 Å². The number of rotatable bonds is 3. The molecule has 1 aromatic rings. The first-order valence-corrected chi connectivity index (χ1v) is 7.16. The molecule has 0 spiro atoms. The lowest BCUT2D eigenvalue weighted by molar-refractivity contribution is 0.312. The van der Waals surface area contributed by atoms with Gasteiger partial charge in [0, 0.05) is 12.3 Å². The summed E-state index contributed by atoms with van der Waals surface area (Å²) >= 11 is 0. The number of nitrogens with zero attached hydrogens (tertiary/aromatic N) is 2. The van der Waals surface area contributed by atoms with Gasteiger partial charge in [-0.3, -0.25) is 0 Å². The highest BCUT2D eigenvalue weighted by molar-refractivity contribution is 4.98. The fourth-order valence-corrected chi connectivity index (χ4v) is 2.94. The van der Waals surface area contributed by atoms with Gasteiger partial charge in [0.1, 0.15) is 0 Å². The van der Waals surface area contributed by atoms with Gasteiger partial charge in [-0.25, -0.2) is 0 Å². The maximum atomic E-state index is 5.41. The molecule has 2 fully saturated rings. The first-order valence-electron chi connectivity index (χ1n) is 7.16. The van der Waals surface area contributed by atoms with Crippen LogP contribution in [0, 0.1) is 5.92 Å². The predicted molar refractivity (Wildman–Crippen MR) is 68.4 cm³/mol. The van der Waals surface area contributed by atoms with Crippen molar-refractivity contribution in [2.45, 2.75) is 38.0 Å². The Labute approximate surface area is 108 Å². The Hall–Kier alpha value is -0.940. The highest BCUT2D eigenvalue weighted by atomic mass is 16.5. The molecule has 1 aromatic heterocycles. The van der Waals surface area contributed by atoms with Gasteiger partial charge in [0.2, 0.25) is 5.89 Å². The van der Waals surface area contributed by atoms with Gasteiger partial charge in [-0.15, -0.1) is 0 Å². The minimum absolute atomic E-state index is 0.494. The van der Waals surface area contributed by atoms with Crippen molar-refractivity contribution < 1.29 is 4.52 Å². The van der Waals surface area contributed by atoms with Gasteiger partial charge in [-0.1, -0.05) is 5.16 Å². The summed E-state index contributed by atoms with van der Waals surface area (Å²) in [5.74, 6) is 2.92. The summed E-state index contributed by atoms with van der Waals surface area (Å²) in [7, 11) is 0. The van der Waals surface area contributed by atoms with E-state index in [-0.39, 0.29) is 0 Å². The number of piperidine rings is 2. The largest absolute Gasteiger partial charge is 0.339 e. The molecule has 0 radical (unpaired) electrons.